The average molecular weight is 430 g/mol. The number of esters is 1. The molecule has 7 heteroatoms. The fraction of sp³-hybridized carbons (Fsp3) is 0.200. The second-order valence-corrected chi connectivity index (χ2v) is 6.71. The number of nitrogens with two attached hydrogens (primary N) is 1. The summed E-state index contributed by atoms with van der Waals surface area (Å²) in [5.74, 6) is -0.850. The summed E-state index contributed by atoms with van der Waals surface area (Å²) in [6.07, 6.45) is 0. The fourth-order valence-electron chi connectivity index (χ4n) is 1.77. The van der Waals surface area contributed by atoms with Crippen molar-refractivity contribution in [3.63, 3.8) is 0 Å². The Bertz CT molecular complexity index is 673. The number of benzene rings is 1. The Kier molecular flexibility index (Phi) is 5.78. The first kappa shape index (κ1) is 16.8. The standard InChI is InChI=1S/C15H15IN2O3S/c1-18(7-10-4-5-22-9-10)14(19)8-21-15(20)12-6-11(16)2-3-13(12)17/h2-6,9H,7-8,17H2,1H3. The summed E-state index contributed by atoms with van der Waals surface area (Å²) < 4.78 is 5.93. The van der Waals surface area contributed by atoms with Crippen molar-refractivity contribution in [3.05, 3.63) is 49.7 Å². The van der Waals surface area contributed by atoms with Gasteiger partial charge in [-0.15, -0.1) is 0 Å². The lowest BCUT2D eigenvalue weighted by Crippen LogP contribution is -2.30. The summed E-state index contributed by atoms with van der Waals surface area (Å²) in [5.41, 5.74) is 7.41. The molecule has 0 aliphatic heterocycles. The van der Waals surface area contributed by atoms with Gasteiger partial charge in [-0.1, -0.05) is 0 Å². The number of thiophene rings is 1. The smallest absolute Gasteiger partial charge is 0.340 e. The van der Waals surface area contributed by atoms with Crippen molar-refractivity contribution in [2.45, 2.75) is 6.54 Å². The lowest BCUT2D eigenvalue weighted by molar-refractivity contribution is -0.133. The second kappa shape index (κ2) is 7.59. The Morgan fingerprint density at radius 3 is 2.82 bits per heavy atom. The van der Waals surface area contributed by atoms with Gasteiger partial charge in [0.2, 0.25) is 0 Å². The van der Waals surface area contributed by atoms with E-state index in [2.05, 4.69) is 22.6 Å². The molecular formula is C15H15IN2O3S. The van der Waals surface area contributed by atoms with Gasteiger partial charge in [0.25, 0.3) is 5.91 Å². The molecule has 0 spiro atoms. The van der Waals surface area contributed by atoms with Crippen LogP contribution in [0, 0.1) is 3.57 Å². The third-order valence-corrected chi connectivity index (χ3v) is 4.39. The average Bonchev–Trinajstić information content (AvgIpc) is 2.99. The minimum absolute atomic E-state index is 0.260. The monoisotopic (exact) mass is 430 g/mol. The van der Waals surface area contributed by atoms with Crippen LogP contribution in [-0.2, 0) is 16.1 Å². The van der Waals surface area contributed by atoms with E-state index in [1.165, 1.54) is 4.90 Å². The van der Waals surface area contributed by atoms with Crippen LogP contribution in [0.15, 0.2) is 35.0 Å². The molecule has 1 heterocycles. The summed E-state index contributed by atoms with van der Waals surface area (Å²) >= 11 is 3.66. The van der Waals surface area contributed by atoms with E-state index in [1.54, 1.807) is 36.6 Å². The third kappa shape index (κ3) is 4.44. The molecule has 2 N–H and O–H groups in total. The first-order valence-electron chi connectivity index (χ1n) is 6.44. The Morgan fingerprint density at radius 1 is 1.36 bits per heavy atom. The predicted octanol–water partition coefficient (Wildman–Crippen LogP) is 2.75. The van der Waals surface area contributed by atoms with Crippen LogP contribution < -0.4 is 5.73 Å². The molecule has 2 rings (SSSR count). The molecule has 0 radical (unpaired) electrons. The van der Waals surface area contributed by atoms with Crippen LogP contribution in [0.2, 0.25) is 0 Å². The molecule has 0 unspecified atom stereocenters. The van der Waals surface area contributed by atoms with Gasteiger partial charge in [-0.25, -0.2) is 4.79 Å². The van der Waals surface area contributed by atoms with Crippen molar-refractivity contribution in [1.82, 2.24) is 4.90 Å². The molecule has 0 saturated heterocycles. The molecule has 0 saturated carbocycles. The summed E-state index contributed by atoms with van der Waals surface area (Å²) in [7, 11) is 1.67. The largest absolute Gasteiger partial charge is 0.452 e. The number of halogens is 1. The van der Waals surface area contributed by atoms with Gasteiger partial charge in [-0.2, -0.15) is 11.3 Å². The van der Waals surface area contributed by atoms with Crippen molar-refractivity contribution < 1.29 is 14.3 Å². The SMILES string of the molecule is CN(Cc1ccsc1)C(=O)COC(=O)c1cc(I)ccc1N. The summed E-state index contributed by atoms with van der Waals surface area (Å²) in [6, 6.07) is 7.03. The molecule has 116 valence electrons. The van der Waals surface area contributed by atoms with E-state index in [-0.39, 0.29) is 18.1 Å². The molecule has 0 atom stereocenters. The third-order valence-electron chi connectivity index (χ3n) is 2.99. The van der Waals surface area contributed by atoms with Crippen LogP contribution in [0.4, 0.5) is 5.69 Å². The molecular weight excluding hydrogens is 415 g/mol. The Labute approximate surface area is 146 Å². The van der Waals surface area contributed by atoms with Crippen LogP contribution in [0.3, 0.4) is 0 Å². The summed E-state index contributed by atoms with van der Waals surface area (Å²) in [4.78, 5) is 25.5. The minimum atomic E-state index is -0.590. The lowest BCUT2D eigenvalue weighted by atomic mass is 10.2. The van der Waals surface area contributed by atoms with Crippen LogP contribution in [0.5, 0.6) is 0 Å². The number of nitrogens with zero attached hydrogens (tertiary/aromatic N) is 1. The first-order valence-corrected chi connectivity index (χ1v) is 8.46. The molecule has 2 aromatic rings. The zero-order valence-corrected chi connectivity index (χ0v) is 14.9. The highest BCUT2D eigenvalue weighted by Crippen LogP contribution is 2.17. The van der Waals surface area contributed by atoms with Gasteiger partial charge in [-0.3, -0.25) is 4.79 Å². The highest BCUT2D eigenvalue weighted by atomic mass is 127. The van der Waals surface area contributed by atoms with Gasteiger partial charge in [-0.05, 0) is 63.2 Å². The number of ether oxygens (including phenoxy) is 1. The van der Waals surface area contributed by atoms with Gasteiger partial charge in [0, 0.05) is 22.8 Å². The van der Waals surface area contributed by atoms with E-state index < -0.39 is 5.97 Å². The molecule has 0 bridgehead atoms. The first-order chi connectivity index (χ1) is 10.5. The number of amides is 1. The normalized spacial score (nSPS) is 10.3. The summed E-state index contributed by atoms with van der Waals surface area (Å²) in [5, 5.41) is 3.93. The maximum absolute atomic E-state index is 12.0. The molecule has 1 aromatic heterocycles. The number of carbonyl (C=O) groups is 2. The maximum atomic E-state index is 12.0. The van der Waals surface area contributed by atoms with Gasteiger partial charge < -0.3 is 15.4 Å². The quantitative estimate of drug-likeness (QED) is 0.450. The predicted molar refractivity (Wildman–Crippen MR) is 94.6 cm³/mol. The van der Waals surface area contributed by atoms with Crippen LogP contribution in [0.1, 0.15) is 15.9 Å². The van der Waals surface area contributed by atoms with Crippen LogP contribution in [0.25, 0.3) is 0 Å². The Morgan fingerprint density at radius 2 is 2.14 bits per heavy atom. The maximum Gasteiger partial charge on any atom is 0.340 e. The van der Waals surface area contributed by atoms with Crippen molar-refractivity contribution in [1.29, 1.82) is 0 Å². The van der Waals surface area contributed by atoms with E-state index in [4.69, 9.17) is 10.5 Å². The van der Waals surface area contributed by atoms with Crippen molar-refractivity contribution in [3.8, 4) is 0 Å². The molecule has 1 amide bonds. The highest BCUT2D eigenvalue weighted by molar-refractivity contribution is 14.1. The molecule has 22 heavy (non-hydrogen) atoms. The number of nitrogen functional groups attached to an aromatic ring is 1. The summed E-state index contributed by atoms with van der Waals surface area (Å²) in [6.45, 7) is 0.190. The molecule has 1 aromatic carbocycles. The number of rotatable bonds is 5. The van der Waals surface area contributed by atoms with E-state index in [0.717, 1.165) is 9.13 Å². The van der Waals surface area contributed by atoms with E-state index >= 15 is 0 Å². The molecule has 5 nitrogen and oxygen atoms in total. The number of carbonyl (C=O) groups excluding carboxylic acids is 2. The number of hydrogen-bond acceptors (Lipinski definition) is 5. The molecule has 0 fully saturated rings. The number of likely N-dealkylation sites (N-methyl/N-ethyl adjacent to an activating group) is 1. The molecule has 0 aliphatic rings. The Hall–Kier alpha value is -1.61. The second-order valence-electron chi connectivity index (χ2n) is 4.69. The van der Waals surface area contributed by atoms with E-state index in [0.29, 0.717) is 12.2 Å². The van der Waals surface area contributed by atoms with Crippen molar-refractivity contribution in [2.24, 2.45) is 0 Å². The van der Waals surface area contributed by atoms with E-state index in [9.17, 15) is 9.59 Å². The highest BCUT2D eigenvalue weighted by Gasteiger charge is 2.16. The number of hydrogen-bond donors (Lipinski definition) is 1. The van der Waals surface area contributed by atoms with Crippen molar-refractivity contribution in [2.75, 3.05) is 19.4 Å². The fourth-order valence-corrected chi connectivity index (χ4v) is 2.92. The van der Waals surface area contributed by atoms with Gasteiger partial charge in [0.1, 0.15) is 0 Å². The van der Waals surface area contributed by atoms with Crippen molar-refractivity contribution >= 4 is 51.5 Å². The lowest BCUT2D eigenvalue weighted by Gasteiger charge is -2.16. The van der Waals surface area contributed by atoms with Crippen LogP contribution in [-0.4, -0.2) is 30.4 Å². The zero-order valence-electron chi connectivity index (χ0n) is 11.9. The topological polar surface area (TPSA) is 72.6 Å². The molecule has 0 aliphatic carbocycles. The van der Waals surface area contributed by atoms with Crippen LogP contribution >= 0.6 is 33.9 Å². The Balaban J connectivity index is 1.90. The van der Waals surface area contributed by atoms with Gasteiger partial charge >= 0.3 is 5.97 Å². The number of anilines is 1. The van der Waals surface area contributed by atoms with E-state index in [1.807, 2.05) is 16.8 Å². The van der Waals surface area contributed by atoms with Gasteiger partial charge in [0.05, 0.1) is 5.56 Å². The minimum Gasteiger partial charge on any atom is -0.452 e. The van der Waals surface area contributed by atoms with Gasteiger partial charge in [0.15, 0.2) is 6.61 Å². The zero-order chi connectivity index (χ0) is 16.1.